The fourth-order valence-corrected chi connectivity index (χ4v) is 3.78. The smallest absolute Gasteiger partial charge is 0.268 e. The van der Waals surface area contributed by atoms with E-state index in [-0.39, 0.29) is 0 Å². The van der Waals surface area contributed by atoms with Crippen LogP contribution in [0.4, 0.5) is 0 Å². The minimum Gasteiger partial charge on any atom is -0.268 e. The second-order valence-electron chi connectivity index (χ2n) is 6.58. The van der Waals surface area contributed by atoms with Gasteiger partial charge in [-0.3, -0.25) is 19.3 Å². The van der Waals surface area contributed by atoms with Crippen LogP contribution in [-0.2, 0) is 0 Å². The molecule has 30 heavy (non-hydrogen) atoms. The highest BCUT2D eigenvalue weighted by Crippen LogP contribution is 2.25. The third kappa shape index (κ3) is 2.81. The first-order valence-electron chi connectivity index (χ1n) is 8.98. The molecule has 5 rings (SSSR count). The maximum absolute atomic E-state index is 13.6. The molecule has 0 atom stereocenters. The summed E-state index contributed by atoms with van der Waals surface area (Å²) in [6.07, 6.45) is 3.14. The van der Waals surface area contributed by atoms with Gasteiger partial charge in [0.25, 0.3) is 5.56 Å². The Hall–Kier alpha value is -3.48. The van der Waals surface area contributed by atoms with Gasteiger partial charge in [0.2, 0.25) is 0 Å². The van der Waals surface area contributed by atoms with Gasteiger partial charge in [-0.05, 0) is 48.5 Å². The Morgan fingerprint density at radius 1 is 0.767 bits per heavy atom. The van der Waals surface area contributed by atoms with Crippen LogP contribution >= 0.6 is 23.2 Å². The van der Waals surface area contributed by atoms with Gasteiger partial charge in [-0.1, -0.05) is 35.3 Å². The maximum atomic E-state index is 13.6. The first kappa shape index (κ1) is 18.5. The van der Waals surface area contributed by atoms with Crippen LogP contribution in [0, 0.1) is 0 Å². The minimum atomic E-state index is -0.546. The summed E-state index contributed by atoms with van der Waals surface area (Å²) in [5, 5.41) is 1.05. The molecule has 146 valence electrons. The summed E-state index contributed by atoms with van der Waals surface area (Å²) in [7, 11) is 0. The Morgan fingerprint density at radius 2 is 1.60 bits per heavy atom. The molecule has 0 saturated carbocycles. The molecule has 6 nitrogen and oxygen atoms in total. The quantitative estimate of drug-likeness (QED) is 0.413. The Morgan fingerprint density at radius 3 is 2.43 bits per heavy atom. The molecule has 0 aliphatic rings. The molecule has 0 spiro atoms. The number of para-hydroxylation sites is 1. The van der Waals surface area contributed by atoms with E-state index in [0.29, 0.717) is 43.4 Å². The lowest BCUT2D eigenvalue weighted by Gasteiger charge is -2.15. The van der Waals surface area contributed by atoms with Crippen LogP contribution in [0.3, 0.4) is 0 Å². The molecule has 0 amide bonds. The standard InChI is InChI=1S/C22H12Cl2N4O2/c23-15-8-7-13(12-16(15)24)27-18-6-2-1-4-14(18)21(29)28(22(27)30)19-9-11-25-17-5-3-10-26-20(17)19/h1-12H. The minimum absolute atomic E-state index is 0.305. The summed E-state index contributed by atoms with van der Waals surface area (Å²) in [6, 6.07) is 16.9. The predicted molar refractivity (Wildman–Crippen MR) is 118 cm³/mol. The van der Waals surface area contributed by atoms with Crippen LogP contribution in [0.15, 0.2) is 82.6 Å². The molecule has 0 unspecified atom stereocenters. The molecular formula is C22H12Cl2N4O2. The van der Waals surface area contributed by atoms with E-state index in [4.69, 9.17) is 23.2 Å². The average molecular weight is 435 g/mol. The largest absolute Gasteiger partial charge is 0.340 e. The Kier molecular flexibility index (Phi) is 4.38. The summed E-state index contributed by atoms with van der Waals surface area (Å²) >= 11 is 12.3. The molecule has 0 bridgehead atoms. The number of halogens is 2. The van der Waals surface area contributed by atoms with E-state index < -0.39 is 11.2 Å². The van der Waals surface area contributed by atoms with Gasteiger partial charge in [0.05, 0.1) is 37.8 Å². The zero-order valence-corrected chi connectivity index (χ0v) is 16.8. The summed E-state index contributed by atoms with van der Waals surface area (Å²) in [5.41, 5.74) is 1.36. The van der Waals surface area contributed by atoms with Gasteiger partial charge < -0.3 is 0 Å². The Labute approximate surface area is 179 Å². The van der Waals surface area contributed by atoms with Gasteiger partial charge in [0.1, 0.15) is 5.52 Å². The highest BCUT2D eigenvalue weighted by Gasteiger charge is 2.18. The molecule has 8 heteroatoms. The van der Waals surface area contributed by atoms with E-state index in [0.717, 1.165) is 4.57 Å². The molecule has 3 heterocycles. The monoisotopic (exact) mass is 434 g/mol. The summed E-state index contributed by atoms with van der Waals surface area (Å²) in [4.78, 5) is 35.6. The lowest BCUT2D eigenvalue weighted by Crippen LogP contribution is -2.38. The number of rotatable bonds is 2. The molecule has 3 aromatic heterocycles. The third-order valence-corrected chi connectivity index (χ3v) is 5.58. The summed E-state index contributed by atoms with van der Waals surface area (Å²) in [6.45, 7) is 0. The highest BCUT2D eigenvalue weighted by atomic mass is 35.5. The Balaban J connectivity index is 1.97. The van der Waals surface area contributed by atoms with Crippen LogP contribution in [-0.4, -0.2) is 19.1 Å². The first-order chi connectivity index (χ1) is 14.6. The van der Waals surface area contributed by atoms with Crippen molar-refractivity contribution in [1.82, 2.24) is 19.1 Å². The first-order valence-corrected chi connectivity index (χ1v) is 9.74. The number of aromatic nitrogens is 4. The van der Waals surface area contributed by atoms with Gasteiger partial charge >= 0.3 is 5.69 Å². The van der Waals surface area contributed by atoms with Crippen molar-refractivity contribution in [3.05, 3.63) is 104 Å². The van der Waals surface area contributed by atoms with Crippen LogP contribution < -0.4 is 11.2 Å². The molecule has 0 fully saturated rings. The third-order valence-electron chi connectivity index (χ3n) is 4.84. The zero-order valence-electron chi connectivity index (χ0n) is 15.3. The van der Waals surface area contributed by atoms with Crippen LogP contribution in [0.1, 0.15) is 0 Å². The van der Waals surface area contributed by atoms with Gasteiger partial charge in [-0.2, -0.15) is 0 Å². The van der Waals surface area contributed by atoms with Crippen molar-refractivity contribution in [2.75, 3.05) is 0 Å². The SMILES string of the molecule is O=c1c2ccccc2n(-c2ccc(Cl)c(Cl)c2)c(=O)n1-c1ccnc2cccnc12. The van der Waals surface area contributed by atoms with E-state index >= 15 is 0 Å². The second-order valence-corrected chi connectivity index (χ2v) is 7.39. The molecule has 0 aliphatic heterocycles. The van der Waals surface area contributed by atoms with E-state index in [1.54, 1.807) is 73.1 Å². The van der Waals surface area contributed by atoms with Crippen molar-refractivity contribution in [2.24, 2.45) is 0 Å². The van der Waals surface area contributed by atoms with E-state index in [1.807, 2.05) is 0 Å². The number of benzene rings is 2. The van der Waals surface area contributed by atoms with Crippen LogP contribution in [0.25, 0.3) is 33.3 Å². The zero-order chi connectivity index (χ0) is 20.8. The predicted octanol–water partition coefficient (Wildman–Crippen LogP) is 4.39. The molecule has 0 N–H and O–H groups in total. The number of hydrogen-bond donors (Lipinski definition) is 0. The van der Waals surface area contributed by atoms with Gasteiger partial charge in [-0.25, -0.2) is 9.36 Å². The highest BCUT2D eigenvalue weighted by molar-refractivity contribution is 6.42. The van der Waals surface area contributed by atoms with Crippen molar-refractivity contribution in [2.45, 2.75) is 0 Å². The number of pyridine rings is 2. The number of fused-ring (bicyclic) bond motifs is 2. The van der Waals surface area contributed by atoms with Crippen molar-refractivity contribution in [3.63, 3.8) is 0 Å². The van der Waals surface area contributed by atoms with E-state index in [1.165, 1.54) is 4.57 Å². The lowest BCUT2D eigenvalue weighted by molar-refractivity contribution is 0.836. The van der Waals surface area contributed by atoms with Gasteiger partial charge in [0, 0.05) is 12.4 Å². The normalized spacial score (nSPS) is 11.3. The molecule has 5 aromatic rings. The van der Waals surface area contributed by atoms with Gasteiger partial charge in [0.15, 0.2) is 0 Å². The summed E-state index contributed by atoms with van der Waals surface area (Å²) < 4.78 is 2.55. The molecule has 0 saturated heterocycles. The van der Waals surface area contributed by atoms with Crippen LogP contribution in [0.5, 0.6) is 0 Å². The van der Waals surface area contributed by atoms with Crippen LogP contribution in [0.2, 0.25) is 10.0 Å². The maximum Gasteiger partial charge on any atom is 0.340 e. The number of nitrogens with zero attached hydrogens (tertiary/aromatic N) is 4. The number of hydrogen-bond acceptors (Lipinski definition) is 4. The molecule has 0 radical (unpaired) electrons. The van der Waals surface area contributed by atoms with Crippen molar-refractivity contribution in [1.29, 1.82) is 0 Å². The molecule has 2 aromatic carbocycles. The van der Waals surface area contributed by atoms with Crippen molar-refractivity contribution in [3.8, 4) is 11.4 Å². The second kappa shape index (κ2) is 7.09. The van der Waals surface area contributed by atoms with E-state index in [9.17, 15) is 9.59 Å². The van der Waals surface area contributed by atoms with Crippen molar-refractivity contribution < 1.29 is 0 Å². The fourth-order valence-electron chi connectivity index (χ4n) is 3.49. The average Bonchev–Trinajstić information content (AvgIpc) is 2.76. The molecular weight excluding hydrogens is 423 g/mol. The van der Waals surface area contributed by atoms with Gasteiger partial charge in [-0.15, -0.1) is 0 Å². The van der Waals surface area contributed by atoms with Crippen molar-refractivity contribution >= 4 is 45.1 Å². The lowest BCUT2D eigenvalue weighted by atomic mass is 10.2. The summed E-state index contributed by atoms with van der Waals surface area (Å²) in [5.74, 6) is 0. The topological polar surface area (TPSA) is 69.8 Å². The fraction of sp³-hybridized carbons (Fsp3) is 0. The molecule has 0 aliphatic carbocycles. The Bertz CT molecular complexity index is 1570. The van der Waals surface area contributed by atoms with E-state index in [2.05, 4.69) is 9.97 Å².